The lowest BCUT2D eigenvalue weighted by Crippen LogP contribution is -2.53. The van der Waals surface area contributed by atoms with Crippen molar-refractivity contribution < 1.29 is 31.5 Å². The summed E-state index contributed by atoms with van der Waals surface area (Å²) in [4.78, 5) is 27.0. The molecular formula is C23H27F2N3O5S. The smallest absolute Gasteiger partial charge is 0.243 e. The van der Waals surface area contributed by atoms with Crippen LogP contribution < -0.4 is 14.9 Å². The van der Waals surface area contributed by atoms with Gasteiger partial charge in [0.1, 0.15) is 17.7 Å². The van der Waals surface area contributed by atoms with Crippen molar-refractivity contribution in [3.63, 3.8) is 0 Å². The van der Waals surface area contributed by atoms with Crippen LogP contribution in [0.25, 0.3) is 0 Å². The molecule has 0 bridgehead atoms. The predicted molar refractivity (Wildman–Crippen MR) is 122 cm³/mol. The van der Waals surface area contributed by atoms with Crippen LogP contribution in [0.15, 0.2) is 53.4 Å². The molecule has 1 aliphatic rings. The second-order valence-electron chi connectivity index (χ2n) is 7.83. The molecule has 0 saturated carbocycles. The lowest BCUT2D eigenvalue weighted by molar-refractivity contribution is -0.126. The fourth-order valence-electron chi connectivity index (χ4n) is 3.69. The maximum absolute atomic E-state index is 13.9. The van der Waals surface area contributed by atoms with Crippen LogP contribution >= 0.6 is 0 Å². The number of hydrogen-bond acceptors (Lipinski definition) is 5. The zero-order valence-corrected chi connectivity index (χ0v) is 19.5. The molecule has 0 aliphatic carbocycles. The van der Waals surface area contributed by atoms with E-state index in [1.165, 1.54) is 18.2 Å². The van der Waals surface area contributed by atoms with E-state index in [9.17, 15) is 26.8 Å². The first-order valence-corrected chi connectivity index (χ1v) is 12.4. The third-order valence-corrected chi connectivity index (χ3v) is 6.84. The molecule has 8 nitrogen and oxygen atoms in total. The number of ether oxygens (including phenoxy) is 1. The Kier molecular flexibility index (Phi) is 8.70. The van der Waals surface area contributed by atoms with Gasteiger partial charge in [0, 0.05) is 18.8 Å². The molecule has 1 saturated heterocycles. The molecule has 1 aliphatic heterocycles. The number of sulfonamides is 1. The summed E-state index contributed by atoms with van der Waals surface area (Å²) in [6, 6.07) is 8.26. The third kappa shape index (κ3) is 6.58. The van der Waals surface area contributed by atoms with Crippen LogP contribution in [-0.4, -0.2) is 52.1 Å². The standard InChI is InChI=1S/C23H27F2N3O5S/c1-2-21(23(30)26-14-19-7-4-12-33-19)28(18-6-3-5-17(25)13-18)22(29)15-27-34(31,32)20-10-8-16(24)9-11-20/h3,5-6,8-11,13,19,21,27H,2,4,7,12,14-15H2,1H3,(H,26,30)/t19-,21+/m0/s1. The number of anilines is 1. The van der Waals surface area contributed by atoms with Gasteiger partial charge in [-0.1, -0.05) is 13.0 Å². The molecule has 2 N–H and O–H groups in total. The van der Waals surface area contributed by atoms with Crippen molar-refractivity contribution >= 4 is 27.5 Å². The molecule has 2 amide bonds. The molecule has 0 radical (unpaired) electrons. The molecule has 0 spiro atoms. The van der Waals surface area contributed by atoms with E-state index in [0.717, 1.165) is 48.1 Å². The van der Waals surface area contributed by atoms with Crippen molar-refractivity contribution in [2.24, 2.45) is 0 Å². The molecule has 3 rings (SSSR count). The second kappa shape index (κ2) is 11.5. The highest BCUT2D eigenvalue weighted by Crippen LogP contribution is 2.21. The Morgan fingerprint density at radius 2 is 1.88 bits per heavy atom. The monoisotopic (exact) mass is 495 g/mol. The highest BCUT2D eigenvalue weighted by atomic mass is 32.2. The van der Waals surface area contributed by atoms with Crippen molar-refractivity contribution in [1.82, 2.24) is 10.0 Å². The van der Waals surface area contributed by atoms with Gasteiger partial charge in [0.05, 0.1) is 17.5 Å². The molecule has 1 heterocycles. The molecular weight excluding hydrogens is 468 g/mol. The van der Waals surface area contributed by atoms with Crippen LogP contribution in [0, 0.1) is 11.6 Å². The second-order valence-corrected chi connectivity index (χ2v) is 9.59. The SMILES string of the molecule is CC[C@H](C(=O)NC[C@@H]1CCCO1)N(C(=O)CNS(=O)(=O)c1ccc(F)cc1)c1cccc(F)c1. The van der Waals surface area contributed by atoms with Crippen molar-refractivity contribution in [1.29, 1.82) is 0 Å². The fourth-order valence-corrected chi connectivity index (χ4v) is 4.66. The predicted octanol–water partition coefficient (Wildman–Crippen LogP) is 2.35. The summed E-state index contributed by atoms with van der Waals surface area (Å²) >= 11 is 0. The van der Waals surface area contributed by atoms with E-state index in [2.05, 4.69) is 10.0 Å². The number of rotatable bonds is 10. The maximum atomic E-state index is 13.9. The molecule has 0 unspecified atom stereocenters. The molecule has 184 valence electrons. The highest BCUT2D eigenvalue weighted by molar-refractivity contribution is 7.89. The summed E-state index contributed by atoms with van der Waals surface area (Å²) in [5.74, 6) is -2.43. The summed E-state index contributed by atoms with van der Waals surface area (Å²) in [7, 11) is -4.13. The zero-order valence-electron chi connectivity index (χ0n) is 18.7. The zero-order chi connectivity index (χ0) is 24.7. The van der Waals surface area contributed by atoms with Crippen LogP contribution in [0.3, 0.4) is 0 Å². The molecule has 11 heteroatoms. The summed E-state index contributed by atoms with van der Waals surface area (Å²) in [5, 5.41) is 2.77. The molecule has 1 fully saturated rings. The Balaban J connectivity index is 1.79. The summed E-state index contributed by atoms with van der Waals surface area (Å²) in [6.45, 7) is 1.90. The van der Waals surface area contributed by atoms with Crippen LogP contribution in [0.2, 0.25) is 0 Å². The first kappa shape index (κ1) is 25.7. The molecule has 0 aromatic heterocycles. The number of benzene rings is 2. The van der Waals surface area contributed by atoms with E-state index in [1.54, 1.807) is 6.92 Å². The minimum Gasteiger partial charge on any atom is -0.376 e. The molecule has 2 aromatic rings. The quantitative estimate of drug-likeness (QED) is 0.527. The largest absolute Gasteiger partial charge is 0.376 e. The van der Waals surface area contributed by atoms with E-state index >= 15 is 0 Å². The Hall–Kier alpha value is -2.89. The lowest BCUT2D eigenvalue weighted by atomic mass is 10.1. The number of hydrogen-bond donors (Lipinski definition) is 2. The number of nitrogens with zero attached hydrogens (tertiary/aromatic N) is 1. The Morgan fingerprint density at radius 3 is 2.50 bits per heavy atom. The van der Waals surface area contributed by atoms with Gasteiger partial charge in [-0.2, -0.15) is 0 Å². The van der Waals surface area contributed by atoms with Gasteiger partial charge in [-0.25, -0.2) is 21.9 Å². The van der Waals surface area contributed by atoms with E-state index < -0.39 is 46.1 Å². The van der Waals surface area contributed by atoms with Gasteiger partial charge in [0.2, 0.25) is 21.8 Å². The number of carbonyl (C=O) groups excluding carboxylic acids is 2. The van der Waals surface area contributed by atoms with E-state index in [-0.39, 0.29) is 29.7 Å². The number of amides is 2. The number of halogens is 2. The van der Waals surface area contributed by atoms with Crippen molar-refractivity contribution in [2.45, 2.75) is 43.2 Å². The number of carbonyl (C=O) groups is 2. The van der Waals surface area contributed by atoms with E-state index in [1.807, 2.05) is 0 Å². The van der Waals surface area contributed by atoms with Crippen LogP contribution in [0.1, 0.15) is 26.2 Å². The summed E-state index contributed by atoms with van der Waals surface area (Å²) < 4.78 is 59.8. The van der Waals surface area contributed by atoms with Gasteiger partial charge in [-0.15, -0.1) is 0 Å². The summed E-state index contributed by atoms with van der Waals surface area (Å²) in [5.41, 5.74) is 0.116. The maximum Gasteiger partial charge on any atom is 0.243 e. The topological polar surface area (TPSA) is 105 Å². The Labute approximate surface area is 197 Å². The van der Waals surface area contributed by atoms with Gasteiger partial charge in [-0.05, 0) is 61.7 Å². The first-order chi connectivity index (χ1) is 16.2. The van der Waals surface area contributed by atoms with Gasteiger partial charge >= 0.3 is 0 Å². The molecule has 2 atom stereocenters. The fraction of sp³-hybridized carbons (Fsp3) is 0.391. The minimum absolute atomic E-state index is 0.109. The molecule has 2 aromatic carbocycles. The Bertz CT molecular complexity index is 1110. The van der Waals surface area contributed by atoms with Gasteiger partial charge in [0.15, 0.2) is 0 Å². The third-order valence-electron chi connectivity index (χ3n) is 5.42. The van der Waals surface area contributed by atoms with Crippen LogP contribution in [0.4, 0.5) is 14.5 Å². The van der Waals surface area contributed by atoms with E-state index in [4.69, 9.17) is 4.74 Å². The van der Waals surface area contributed by atoms with Gasteiger partial charge < -0.3 is 10.1 Å². The first-order valence-electron chi connectivity index (χ1n) is 10.9. The van der Waals surface area contributed by atoms with Crippen LogP contribution in [0.5, 0.6) is 0 Å². The average molecular weight is 496 g/mol. The van der Waals surface area contributed by atoms with Gasteiger partial charge in [0.25, 0.3) is 0 Å². The lowest BCUT2D eigenvalue weighted by Gasteiger charge is -2.31. The summed E-state index contributed by atoms with van der Waals surface area (Å²) in [6.07, 6.45) is 1.81. The van der Waals surface area contributed by atoms with Crippen molar-refractivity contribution in [3.8, 4) is 0 Å². The molecule has 34 heavy (non-hydrogen) atoms. The van der Waals surface area contributed by atoms with E-state index in [0.29, 0.717) is 6.61 Å². The Morgan fingerprint density at radius 1 is 1.15 bits per heavy atom. The van der Waals surface area contributed by atoms with Gasteiger partial charge in [-0.3, -0.25) is 14.5 Å². The normalized spacial score (nSPS) is 16.7. The van der Waals surface area contributed by atoms with Crippen molar-refractivity contribution in [3.05, 3.63) is 60.2 Å². The number of nitrogens with one attached hydrogen (secondary N) is 2. The van der Waals surface area contributed by atoms with Crippen molar-refractivity contribution in [2.75, 3.05) is 24.6 Å². The van der Waals surface area contributed by atoms with Crippen LogP contribution in [-0.2, 0) is 24.3 Å². The average Bonchev–Trinajstić information content (AvgIpc) is 3.33. The minimum atomic E-state index is -4.13. The highest BCUT2D eigenvalue weighted by Gasteiger charge is 2.31.